The first-order valence-corrected chi connectivity index (χ1v) is 9.93. The maximum absolute atomic E-state index is 6.52. The summed E-state index contributed by atoms with van der Waals surface area (Å²) in [5.41, 5.74) is 3.75. The van der Waals surface area contributed by atoms with Crippen LogP contribution in [0.3, 0.4) is 0 Å². The molecule has 0 radical (unpaired) electrons. The molecule has 0 saturated heterocycles. The van der Waals surface area contributed by atoms with E-state index in [1.54, 1.807) is 0 Å². The van der Waals surface area contributed by atoms with E-state index in [4.69, 9.17) is 4.74 Å². The molecule has 0 bridgehead atoms. The Balaban J connectivity index is 1.72. The Morgan fingerprint density at radius 3 is 2.18 bits per heavy atom. The summed E-state index contributed by atoms with van der Waals surface area (Å²) in [4.78, 5) is 2.32. The van der Waals surface area contributed by atoms with E-state index in [1.807, 2.05) is 13.1 Å². The van der Waals surface area contributed by atoms with Gasteiger partial charge in [-0.15, -0.1) is 0 Å². The van der Waals surface area contributed by atoms with Crippen molar-refractivity contribution in [3.05, 3.63) is 102 Å². The first kappa shape index (κ1) is 20.1. The summed E-state index contributed by atoms with van der Waals surface area (Å²) in [6, 6.07) is 29.4. The van der Waals surface area contributed by atoms with Crippen molar-refractivity contribution in [1.29, 1.82) is 0 Å². The summed E-state index contributed by atoms with van der Waals surface area (Å²) >= 11 is 0. The third-order valence-electron chi connectivity index (χ3n) is 4.81. The Kier molecular flexibility index (Phi) is 7.65. The van der Waals surface area contributed by atoms with Crippen molar-refractivity contribution in [2.24, 2.45) is 0 Å². The number of hydrogen-bond donors (Lipinski definition) is 1. The molecule has 0 amide bonds. The summed E-state index contributed by atoms with van der Waals surface area (Å²) in [5, 5.41) is 3.24. The molecule has 3 aromatic carbocycles. The lowest BCUT2D eigenvalue weighted by Gasteiger charge is -2.23. The molecule has 0 saturated carbocycles. The summed E-state index contributed by atoms with van der Waals surface area (Å²) in [6.45, 7) is 2.67. The minimum atomic E-state index is 0.0363. The fraction of sp³-hybridized carbons (Fsp3) is 0.280. The van der Waals surface area contributed by atoms with Gasteiger partial charge in [0.15, 0.2) is 0 Å². The fourth-order valence-electron chi connectivity index (χ4n) is 3.38. The molecule has 0 aliphatic heterocycles. The Hall–Kier alpha value is -2.62. The maximum atomic E-state index is 6.52. The van der Waals surface area contributed by atoms with Gasteiger partial charge in [0.05, 0.1) is 0 Å². The van der Waals surface area contributed by atoms with Crippen LogP contribution in [0.1, 0.15) is 29.2 Å². The molecule has 0 aliphatic rings. The molecule has 0 aromatic heterocycles. The molecule has 28 heavy (non-hydrogen) atoms. The molecule has 0 fully saturated rings. The van der Waals surface area contributed by atoms with Gasteiger partial charge in [0.2, 0.25) is 0 Å². The van der Waals surface area contributed by atoms with Crippen LogP contribution in [0.2, 0.25) is 0 Å². The zero-order valence-electron chi connectivity index (χ0n) is 16.8. The van der Waals surface area contributed by atoms with Crippen molar-refractivity contribution in [3.63, 3.8) is 0 Å². The first-order chi connectivity index (χ1) is 13.8. The third-order valence-corrected chi connectivity index (χ3v) is 4.81. The molecule has 3 aromatic rings. The van der Waals surface area contributed by atoms with Gasteiger partial charge >= 0.3 is 0 Å². The Bertz CT molecular complexity index is 820. The molecule has 3 nitrogen and oxygen atoms in total. The highest BCUT2D eigenvalue weighted by Gasteiger charge is 2.15. The zero-order chi connectivity index (χ0) is 19.6. The highest BCUT2D eigenvalue weighted by molar-refractivity contribution is 5.34. The predicted molar refractivity (Wildman–Crippen MR) is 116 cm³/mol. The van der Waals surface area contributed by atoms with Crippen molar-refractivity contribution in [1.82, 2.24) is 10.2 Å². The standard InChI is InChI=1S/C25H30N2O/c1-26-18-17-25(22-13-7-4-8-14-22)28-24-16-10-9-15-23(24)20-27(2)19-21-11-5-3-6-12-21/h3-16,25-26H,17-20H2,1-2H3. The van der Waals surface area contributed by atoms with Gasteiger partial charge < -0.3 is 10.1 Å². The normalized spacial score (nSPS) is 12.1. The number of hydrogen-bond acceptors (Lipinski definition) is 3. The zero-order valence-corrected chi connectivity index (χ0v) is 16.8. The number of para-hydroxylation sites is 1. The van der Waals surface area contributed by atoms with Crippen molar-refractivity contribution in [2.45, 2.75) is 25.6 Å². The highest BCUT2D eigenvalue weighted by atomic mass is 16.5. The minimum absolute atomic E-state index is 0.0363. The lowest BCUT2D eigenvalue weighted by molar-refractivity contribution is 0.189. The van der Waals surface area contributed by atoms with E-state index in [0.29, 0.717) is 0 Å². The Morgan fingerprint density at radius 1 is 0.821 bits per heavy atom. The van der Waals surface area contributed by atoms with Crippen LogP contribution >= 0.6 is 0 Å². The van der Waals surface area contributed by atoms with Gasteiger partial charge in [-0.1, -0.05) is 78.9 Å². The molecule has 3 heteroatoms. The molecule has 0 aliphatic carbocycles. The number of nitrogens with one attached hydrogen (secondary N) is 1. The molecule has 0 heterocycles. The maximum Gasteiger partial charge on any atom is 0.125 e. The molecule has 1 atom stereocenters. The second-order valence-corrected chi connectivity index (χ2v) is 7.18. The quantitative estimate of drug-likeness (QED) is 0.537. The van der Waals surface area contributed by atoms with E-state index >= 15 is 0 Å². The largest absolute Gasteiger partial charge is 0.485 e. The van der Waals surface area contributed by atoms with Gasteiger partial charge in [-0.2, -0.15) is 0 Å². The van der Waals surface area contributed by atoms with Crippen LogP contribution in [0.15, 0.2) is 84.9 Å². The van der Waals surface area contributed by atoms with Crippen molar-refractivity contribution >= 4 is 0 Å². The van der Waals surface area contributed by atoms with Crippen LogP contribution in [0.25, 0.3) is 0 Å². The van der Waals surface area contributed by atoms with Crippen molar-refractivity contribution < 1.29 is 4.74 Å². The minimum Gasteiger partial charge on any atom is -0.485 e. The summed E-state index contributed by atoms with van der Waals surface area (Å²) < 4.78 is 6.52. The smallest absolute Gasteiger partial charge is 0.125 e. The summed E-state index contributed by atoms with van der Waals surface area (Å²) in [6.07, 6.45) is 0.962. The predicted octanol–water partition coefficient (Wildman–Crippen LogP) is 5.05. The molecule has 146 valence electrons. The monoisotopic (exact) mass is 374 g/mol. The second kappa shape index (κ2) is 10.6. The van der Waals surface area contributed by atoms with Gasteiger partial charge in [0.25, 0.3) is 0 Å². The SMILES string of the molecule is CNCCC(Oc1ccccc1CN(C)Cc1ccccc1)c1ccccc1. The Morgan fingerprint density at radius 2 is 1.46 bits per heavy atom. The van der Waals surface area contributed by atoms with E-state index in [-0.39, 0.29) is 6.10 Å². The van der Waals surface area contributed by atoms with Gasteiger partial charge in [0, 0.05) is 25.1 Å². The third kappa shape index (κ3) is 5.95. The van der Waals surface area contributed by atoms with E-state index < -0.39 is 0 Å². The second-order valence-electron chi connectivity index (χ2n) is 7.18. The Labute approximate surface area is 169 Å². The summed E-state index contributed by atoms with van der Waals surface area (Å²) in [7, 11) is 4.13. The lowest BCUT2D eigenvalue weighted by Crippen LogP contribution is -2.19. The van der Waals surface area contributed by atoms with Crippen LogP contribution in [-0.2, 0) is 13.1 Å². The van der Waals surface area contributed by atoms with Gasteiger partial charge in [-0.25, -0.2) is 0 Å². The fourth-order valence-corrected chi connectivity index (χ4v) is 3.38. The van der Waals surface area contributed by atoms with E-state index in [0.717, 1.165) is 31.8 Å². The van der Waals surface area contributed by atoms with Crippen LogP contribution in [0, 0.1) is 0 Å². The molecule has 1 N–H and O–H groups in total. The number of nitrogens with zero attached hydrogens (tertiary/aromatic N) is 1. The van der Waals surface area contributed by atoms with Crippen LogP contribution < -0.4 is 10.1 Å². The average molecular weight is 375 g/mol. The van der Waals surface area contributed by atoms with Gasteiger partial charge in [0.1, 0.15) is 11.9 Å². The van der Waals surface area contributed by atoms with Crippen molar-refractivity contribution in [3.8, 4) is 5.75 Å². The van der Waals surface area contributed by atoms with Gasteiger partial charge in [-0.3, -0.25) is 4.90 Å². The van der Waals surface area contributed by atoms with Crippen LogP contribution in [-0.4, -0.2) is 25.5 Å². The highest BCUT2D eigenvalue weighted by Crippen LogP contribution is 2.28. The molecule has 3 rings (SSSR count). The molecule has 1 unspecified atom stereocenters. The number of ether oxygens (including phenoxy) is 1. The van der Waals surface area contributed by atoms with E-state index in [2.05, 4.69) is 96.1 Å². The average Bonchev–Trinajstić information content (AvgIpc) is 2.73. The summed E-state index contributed by atoms with van der Waals surface area (Å²) in [5.74, 6) is 0.965. The van der Waals surface area contributed by atoms with Crippen LogP contribution in [0.4, 0.5) is 0 Å². The number of rotatable bonds is 10. The first-order valence-electron chi connectivity index (χ1n) is 9.93. The molecular weight excluding hydrogens is 344 g/mol. The van der Waals surface area contributed by atoms with E-state index in [1.165, 1.54) is 16.7 Å². The molecule has 0 spiro atoms. The van der Waals surface area contributed by atoms with Crippen molar-refractivity contribution in [2.75, 3.05) is 20.6 Å². The van der Waals surface area contributed by atoms with Crippen LogP contribution in [0.5, 0.6) is 5.75 Å². The topological polar surface area (TPSA) is 24.5 Å². The lowest BCUT2D eigenvalue weighted by atomic mass is 10.1. The molecular formula is C25H30N2O. The number of benzene rings is 3. The van der Waals surface area contributed by atoms with Gasteiger partial charge in [-0.05, 0) is 37.8 Å². The van der Waals surface area contributed by atoms with E-state index in [9.17, 15) is 0 Å².